The molecule has 0 aliphatic heterocycles. The van der Waals surface area contributed by atoms with Gasteiger partial charge in [0.1, 0.15) is 0 Å². The summed E-state index contributed by atoms with van der Waals surface area (Å²) in [6, 6.07) is 3.44. The lowest BCUT2D eigenvalue weighted by molar-refractivity contribution is 0.0997. The van der Waals surface area contributed by atoms with E-state index in [1.54, 1.807) is 23.9 Å². The maximum atomic E-state index is 11.3. The molecule has 0 heterocycles. The van der Waals surface area contributed by atoms with E-state index in [1.807, 2.05) is 6.92 Å². The molecule has 1 amide bonds. The fraction of sp³-hybridized carbons (Fsp3) is 0.417. The highest BCUT2D eigenvalue weighted by Gasteiger charge is 2.12. The molecule has 0 bridgehead atoms. The number of rotatable bonds is 5. The van der Waals surface area contributed by atoms with Crippen LogP contribution in [0.5, 0.6) is 0 Å². The second kappa shape index (κ2) is 5.80. The number of primary amides is 1. The number of thioether (sulfide) groups is 1. The third-order valence-corrected chi connectivity index (χ3v) is 3.77. The minimum atomic E-state index is -0.387. The summed E-state index contributed by atoms with van der Waals surface area (Å²) in [6.45, 7) is 4.07. The summed E-state index contributed by atoms with van der Waals surface area (Å²) >= 11 is 1.66. The number of hydrogen-bond donors (Lipinski definition) is 2. The molecule has 0 saturated heterocycles. The molecular weight excluding hydrogens is 220 g/mol. The van der Waals surface area contributed by atoms with Gasteiger partial charge < -0.3 is 11.5 Å². The summed E-state index contributed by atoms with van der Waals surface area (Å²) in [5.41, 5.74) is 13.4. The summed E-state index contributed by atoms with van der Waals surface area (Å²) in [5.74, 6) is 0.600. The minimum absolute atomic E-state index is 0.387. The van der Waals surface area contributed by atoms with Gasteiger partial charge in [-0.1, -0.05) is 13.3 Å². The Balaban J connectivity index is 3.01. The van der Waals surface area contributed by atoms with Crippen molar-refractivity contribution in [2.24, 2.45) is 5.73 Å². The van der Waals surface area contributed by atoms with Crippen LogP contribution in [0.2, 0.25) is 0 Å². The van der Waals surface area contributed by atoms with Crippen LogP contribution in [0.25, 0.3) is 0 Å². The molecule has 0 radical (unpaired) electrons. The lowest BCUT2D eigenvalue weighted by atomic mass is 10.1. The normalized spacial score (nSPS) is 10.4. The molecule has 0 aromatic heterocycles. The van der Waals surface area contributed by atoms with E-state index in [2.05, 4.69) is 6.92 Å². The number of benzene rings is 1. The second-order valence-electron chi connectivity index (χ2n) is 3.72. The molecule has 88 valence electrons. The van der Waals surface area contributed by atoms with Crippen molar-refractivity contribution in [3.8, 4) is 0 Å². The van der Waals surface area contributed by atoms with Crippen molar-refractivity contribution in [2.45, 2.75) is 31.6 Å². The molecule has 0 fully saturated rings. The first-order valence-electron chi connectivity index (χ1n) is 5.39. The van der Waals surface area contributed by atoms with Gasteiger partial charge in [0.15, 0.2) is 0 Å². The topological polar surface area (TPSA) is 69.1 Å². The molecule has 1 rings (SSSR count). The Morgan fingerprint density at radius 1 is 1.44 bits per heavy atom. The van der Waals surface area contributed by atoms with Crippen LogP contribution in [-0.2, 0) is 0 Å². The predicted molar refractivity (Wildman–Crippen MR) is 69.7 cm³/mol. The minimum Gasteiger partial charge on any atom is -0.398 e. The number of unbranched alkanes of at least 4 members (excludes halogenated alkanes) is 1. The zero-order valence-electron chi connectivity index (χ0n) is 9.75. The van der Waals surface area contributed by atoms with Crippen LogP contribution in [0.15, 0.2) is 17.0 Å². The van der Waals surface area contributed by atoms with Crippen LogP contribution in [0.1, 0.15) is 35.7 Å². The monoisotopic (exact) mass is 238 g/mol. The Kier molecular flexibility index (Phi) is 4.68. The maximum absolute atomic E-state index is 11.3. The second-order valence-corrected chi connectivity index (χ2v) is 4.83. The molecule has 0 aliphatic rings. The molecule has 0 aliphatic carbocycles. The van der Waals surface area contributed by atoms with Gasteiger partial charge in [0.25, 0.3) is 0 Å². The number of hydrogen-bond acceptors (Lipinski definition) is 3. The summed E-state index contributed by atoms with van der Waals surface area (Å²) in [7, 11) is 0. The number of anilines is 1. The number of carbonyl (C=O) groups excluding carboxylic acids is 1. The Bertz CT molecular complexity index is 391. The first-order chi connectivity index (χ1) is 7.57. The molecule has 4 heteroatoms. The fourth-order valence-electron chi connectivity index (χ4n) is 1.41. The van der Waals surface area contributed by atoms with Crippen LogP contribution >= 0.6 is 11.8 Å². The lowest BCUT2D eigenvalue weighted by Crippen LogP contribution is -2.13. The molecule has 4 N–H and O–H groups in total. The highest BCUT2D eigenvalue weighted by molar-refractivity contribution is 7.99. The van der Waals surface area contributed by atoms with Crippen molar-refractivity contribution in [3.63, 3.8) is 0 Å². The highest BCUT2D eigenvalue weighted by atomic mass is 32.2. The van der Waals surface area contributed by atoms with Gasteiger partial charge in [-0.2, -0.15) is 0 Å². The van der Waals surface area contributed by atoms with Gasteiger partial charge in [-0.25, -0.2) is 0 Å². The van der Waals surface area contributed by atoms with Crippen LogP contribution < -0.4 is 11.5 Å². The number of amides is 1. The van der Waals surface area contributed by atoms with Gasteiger partial charge in [0, 0.05) is 10.6 Å². The molecule has 1 aromatic carbocycles. The van der Waals surface area contributed by atoms with Crippen molar-refractivity contribution in [1.29, 1.82) is 0 Å². The summed E-state index contributed by atoms with van der Waals surface area (Å²) in [4.78, 5) is 12.2. The van der Waals surface area contributed by atoms with Crippen molar-refractivity contribution < 1.29 is 4.79 Å². The molecular formula is C12H18N2OS. The van der Waals surface area contributed by atoms with Crippen molar-refractivity contribution in [3.05, 3.63) is 23.3 Å². The Hall–Kier alpha value is -1.16. The SMILES string of the molecule is CCCCSc1c(C(N)=O)ccc(N)c1C. The molecule has 1 aromatic rings. The third-order valence-electron chi connectivity index (χ3n) is 2.46. The Morgan fingerprint density at radius 3 is 2.69 bits per heavy atom. The van der Waals surface area contributed by atoms with Gasteiger partial charge in [0.05, 0.1) is 5.56 Å². The number of nitrogens with two attached hydrogens (primary N) is 2. The predicted octanol–water partition coefficient (Wildman–Crippen LogP) is 2.57. The maximum Gasteiger partial charge on any atom is 0.249 e. The Morgan fingerprint density at radius 2 is 2.12 bits per heavy atom. The van der Waals surface area contributed by atoms with Gasteiger partial charge in [-0.05, 0) is 36.8 Å². The molecule has 16 heavy (non-hydrogen) atoms. The molecule has 0 spiro atoms. The quantitative estimate of drug-likeness (QED) is 0.470. The average molecular weight is 238 g/mol. The van der Waals surface area contributed by atoms with Gasteiger partial charge in [0.2, 0.25) is 5.91 Å². The molecule has 0 saturated carbocycles. The summed E-state index contributed by atoms with van der Waals surface area (Å²) in [6.07, 6.45) is 2.26. The molecule has 0 atom stereocenters. The highest BCUT2D eigenvalue weighted by Crippen LogP contribution is 2.30. The third kappa shape index (κ3) is 2.92. The van der Waals surface area contributed by atoms with Crippen LogP contribution in [0.3, 0.4) is 0 Å². The van der Waals surface area contributed by atoms with Gasteiger partial charge in [-0.3, -0.25) is 4.79 Å². The van der Waals surface area contributed by atoms with Crippen molar-refractivity contribution in [1.82, 2.24) is 0 Å². The van der Waals surface area contributed by atoms with E-state index in [0.29, 0.717) is 11.3 Å². The van der Waals surface area contributed by atoms with E-state index in [9.17, 15) is 4.79 Å². The average Bonchev–Trinajstić information content (AvgIpc) is 2.24. The van der Waals surface area contributed by atoms with E-state index >= 15 is 0 Å². The van der Waals surface area contributed by atoms with E-state index in [0.717, 1.165) is 29.1 Å². The lowest BCUT2D eigenvalue weighted by Gasteiger charge is -2.11. The van der Waals surface area contributed by atoms with E-state index in [-0.39, 0.29) is 5.91 Å². The van der Waals surface area contributed by atoms with Crippen LogP contribution in [0.4, 0.5) is 5.69 Å². The van der Waals surface area contributed by atoms with E-state index in [1.165, 1.54) is 0 Å². The zero-order chi connectivity index (χ0) is 12.1. The summed E-state index contributed by atoms with van der Waals surface area (Å²) in [5, 5.41) is 0. The fourth-order valence-corrected chi connectivity index (χ4v) is 2.70. The van der Waals surface area contributed by atoms with Gasteiger partial charge >= 0.3 is 0 Å². The van der Waals surface area contributed by atoms with E-state index in [4.69, 9.17) is 11.5 Å². The number of carbonyl (C=O) groups is 1. The van der Waals surface area contributed by atoms with Crippen LogP contribution in [-0.4, -0.2) is 11.7 Å². The first-order valence-corrected chi connectivity index (χ1v) is 6.38. The van der Waals surface area contributed by atoms with Crippen LogP contribution in [0, 0.1) is 6.92 Å². The first kappa shape index (κ1) is 12.9. The molecule has 0 unspecified atom stereocenters. The smallest absolute Gasteiger partial charge is 0.249 e. The van der Waals surface area contributed by atoms with Gasteiger partial charge in [-0.15, -0.1) is 11.8 Å². The van der Waals surface area contributed by atoms with Crippen molar-refractivity contribution in [2.75, 3.05) is 11.5 Å². The van der Waals surface area contributed by atoms with E-state index < -0.39 is 0 Å². The largest absolute Gasteiger partial charge is 0.398 e. The standard InChI is InChI=1S/C12H18N2OS/c1-3-4-7-16-11-8(2)10(13)6-5-9(11)12(14)15/h5-6H,3-4,7,13H2,1-2H3,(H2,14,15). The Labute approximate surface area is 101 Å². The summed E-state index contributed by atoms with van der Waals surface area (Å²) < 4.78 is 0. The zero-order valence-corrected chi connectivity index (χ0v) is 10.6. The molecule has 3 nitrogen and oxygen atoms in total. The number of nitrogen functional groups attached to an aromatic ring is 1. The van der Waals surface area contributed by atoms with Crippen molar-refractivity contribution >= 4 is 23.4 Å².